The molecule has 10 rings (SSSR count). The van der Waals surface area contributed by atoms with Gasteiger partial charge in [0.1, 0.15) is 11.6 Å². The topological polar surface area (TPSA) is 48.5 Å². The molecule has 0 saturated carbocycles. The molecule has 0 spiro atoms. The van der Waals surface area contributed by atoms with Gasteiger partial charge in [-0.25, -0.2) is 15.0 Å². The summed E-state index contributed by atoms with van der Waals surface area (Å²) in [4.78, 5) is 14.0. The van der Waals surface area contributed by atoms with Gasteiger partial charge in [0.25, 0.3) is 0 Å². The summed E-state index contributed by atoms with van der Waals surface area (Å²) in [5.41, 5.74) is 12.5. The van der Waals surface area contributed by atoms with Crippen LogP contribution in [-0.2, 0) is 6.18 Å². The molecule has 0 unspecified atom stereocenters. The van der Waals surface area contributed by atoms with Crippen LogP contribution < -0.4 is 0 Å². The van der Waals surface area contributed by atoms with E-state index in [1.165, 1.54) is 6.07 Å². The van der Waals surface area contributed by atoms with Crippen LogP contribution in [0.1, 0.15) is 39.5 Å². The summed E-state index contributed by atoms with van der Waals surface area (Å²) >= 11 is 0. The van der Waals surface area contributed by atoms with Crippen molar-refractivity contribution in [3.8, 4) is 45.0 Å². The zero-order valence-corrected chi connectivity index (χ0v) is 34.1. The molecule has 0 bridgehead atoms. The van der Waals surface area contributed by atoms with Crippen LogP contribution in [-0.4, -0.2) is 24.1 Å². The zero-order valence-electron chi connectivity index (χ0n) is 34.1. The molecule has 0 amide bonds. The number of halogens is 3. The molecule has 0 aliphatic rings. The van der Waals surface area contributed by atoms with Gasteiger partial charge in [0, 0.05) is 38.2 Å². The Hall–Kier alpha value is -7.06. The van der Waals surface area contributed by atoms with E-state index >= 15 is 0 Å². The summed E-state index contributed by atoms with van der Waals surface area (Å²) in [7, 11) is 0. The highest BCUT2D eigenvalue weighted by molar-refractivity contribution is 6.12. The first kappa shape index (κ1) is 37.2. The fourth-order valence-electron chi connectivity index (χ4n) is 8.95. The molecule has 0 atom stereocenters. The quantitative estimate of drug-likeness (QED) is 0.174. The maximum absolute atomic E-state index is 14.8. The van der Waals surface area contributed by atoms with Gasteiger partial charge in [-0.2, -0.15) is 13.2 Å². The molecular formula is C52H40F3N5. The Labute approximate surface area is 345 Å². The molecule has 7 aromatic carbocycles. The van der Waals surface area contributed by atoms with Crippen LogP contribution in [0.25, 0.3) is 88.6 Å². The molecule has 0 saturated heterocycles. The average molecular weight is 792 g/mol. The van der Waals surface area contributed by atoms with Gasteiger partial charge in [0.05, 0.1) is 39.0 Å². The number of aryl methyl sites for hydroxylation is 6. The molecule has 0 radical (unpaired) electrons. The Bertz CT molecular complexity index is 3250. The predicted octanol–water partition coefficient (Wildman–Crippen LogP) is 13.9. The van der Waals surface area contributed by atoms with Crippen molar-refractivity contribution in [3.63, 3.8) is 0 Å². The molecule has 3 aromatic heterocycles. The maximum Gasteiger partial charge on any atom is 0.417 e. The van der Waals surface area contributed by atoms with Crippen LogP contribution in [0.15, 0.2) is 133 Å². The molecule has 8 heteroatoms. The molecule has 0 aliphatic carbocycles. The van der Waals surface area contributed by atoms with Gasteiger partial charge in [-0.05, 0) is 138 Å². The van der Waals surface area contributed by atoms with Crippen LogP contribution in [0, 0.1) is 41.5 Å². The molecule has 60 heavy (non-hydrogen) atoms. The van der Waals surface area contributed by atoms with E-state index in [1.54, 1.807) is 12.1 Å². The highest BCUT2D eigenvalue weighted by Crippen LogP contribution is 2.45. The van der Waals surface area contributed by atoms with Crippen molar-refractivity contribution in [3.05, 3.63) is 173 Å². The number of aromatic nitrogens is 5. The van der Waals surface area contributed by atoms with E-state index in [9.17, 15) is 13.2 Å². The molecule has 294 valence electrons. The summed E-state index contributed by atoms with van der Waals surface area (Å²) in [6, 6.07) is 43.7. The monoisotopic (exact) mass is 791 g/mol. The zero-order chi connectivity index (χ0) is 41.6. The SMILES string of the molecule is Cc1ccc2c(c1)c1cc(C)ccc1n2-c1ccc(-c2nc(C)nc(C)n2)cc1-c1cc(-c2ccccc2C(F)(F)F)ccc1-n1c2ccc(C)cc2c2cc(C)ccc21. The highest BCUT2D eigenvalue weighted by atomic mass is 19.4. The van der Waals surface area contributed by atoms with E-state index in [1.807, 2.05) is 38.1 Å². The first-order valence-electron chi connectivity index (χ1n) is 20.0. The fraction of sp³-hybridized carbons (Fsp3) is 0.135. The Balaban J connectivity index is 1.38. The minimum absolute atomic E-state index is 0.107. The molecule has 3 heterocycles. The Kier molecular flexibility index (Phi) is 8.54. The smallest absolute Gasteiger partial charge is 0.309 e. The lowest BCUT2D eigenvalue weighted by molar-refractivity contribution is -0.137. The van der Waals surface area contributed by atoms with Gasteiger partial charge in [0.2, 0.25) is 0 Å². The van der Waals surface area contributed by atoms with Gasteiger partial charge in [-0.3, -0.25) is 0 Å². The summed E-state index contributed by atoms with van der Waals surface area (Å²) < 4.78 is 48.8. The Morgan fingerprint density at radius 1 is 0.400 bits per heavy atom. The van der Waals surface area contributed by atoms with Gasteiger partial charge in [0.15, 0.2) is 5.82 Å². The van der Waals surface area contributed by atoms with E-state index in [-0.39, 0.29) is 5.56 Å². The summed E-state index contributed by atoms with van der Waals surface area (Å²) in [5, 5.41) is 4.44. The number of fused-ring (bicyclic) bond motifs is 6. The molecule has 0 aliphatic heterocycles. The Morgan fingerprint density at radius 2 is 0.800 bits per heavy atom. The third-order valence-corrected chi connectivity index (χ3v) is 11.6. The van der Waals surface area contributed by atoms with Crippen LogP contribution in [0.4, 0.5) is 13.2 Å². The van der Waals surface area contributed by atoms with Crippen molar-refractivity contribution in [2.45, 2.75) is 47.7 Å². The third kappa shape index (κ3) is 6.13. The van der Waals surface area contributed by atoms with E-state index < -0.39 is 11.7 Å². The predicted molar refractivity (Wildman–Crippen MR) is 238 cm³/mol. The van der Waals surface area contributed by atoms with Gasteiger partial charge >= 0.3 is 6.18 Å². The van der Waals surface area contributed by atoms with Crippen molar-refractivity contribution < 1.29 is 13.2 Å². The first-order chi connectivity index (χ1) is 28.8. The van der Waals surface area contributed by atoms with Crippen molar-refractivity contribution >= 4 is 43.6 Å². The molecule has 0 N–H and O–H groups in total. The Morgan fingerprint density at radius 3 is 1.23 bits per heavy atom. The van der Waals surface area contributed by atoms with Crippen LogP contribution >= 0.6 is 0 Å². The summed E-state index contributed by atoms with van der Waals surface area (Å²) in [5.74, 6) is 1.71. The lowest BCUT2D eigenvalue weighted by Gasteiger charge is -2.21. The average Bonchev–Trinajstić information content (AvgIpc) is 3.70. The minimum atomic E-state index is -4.56. The van der Waals surface area contributed by atoms with Crippen LogP contribution in [0.5, 0.6) is 0 Å². The second kappa shape index (κ2) is 13.8. The van der Waals surface area contributed by atoms with Gasteiger partial charge < -0.3 is 9.13 Å². The van der Waals surface area contributed by atoms with Crippen molar-refractivity contribution in [2.75, 3.05) is 0 Å². The molecular weight excluding hydrogens is 752 g/mol. The van der Waals surface area contributed by atoms with Crippen LogP contribution in [0.2, 0.25) is 0 Å². The lowest BCUT2D eigenvalue weighted by atomic mass is 9.92. The molecule has 10 aromatic rings. The number of hydrogen-bond acceptors (Lipinski definition) is 3. The highest BCUT2D eigenvalue weighted by Gasteiger charge is 2.34. The van der Waals surface area contributed by atoms with E-state index in [2.05, 4.69) is 127 Å². The van der Waals surface area contributed by atoms with Crippen LogP contribution in [0.3, 0.4) is 0 Å². The largest absolute Gasteiger partial charge is 0.417 e. The first-order valence-corrected chi connectivity index (χ1v) is 20.0. The summed E-state index contributed by atoms with van der Waals surface area (Å²) in [6.07, 6.45) is -4.56. The van der Waals surface area contributed by atoms with Crippen molar-refractivity contribution in [2.24, 2.45) is 0 Å². The maximum atomic E-state index is 14.8. The lowest BCUT2D eigenvalue weighted by Crippen LogP contribution is -2.07. The second-order valence-corrected chi connectivity index (χ2v) is 16.0. The third-order valence-electron chi connectivity index (χ3n) is 11.6. The standard InChI is InChI=1S/C52H40F3N5/c1-29-11-17-45-38(23-29)39-24-30(2)12-18-46(39)59(45)49-21-15-35(37-9-7-8-10-44(37)52(53,54)55)27-42(49)43-28-36(51-57-33(5)56-34(6)58-51)16-22-50(43)60-47-19-13-31(3)25-40(47)41-26-32(4)14-20-48(41)60/h7-28H,1-6H3. The molecule has 5 nitrogen and oxygen atoms in total. The van der Waals surface area contributed by atoms with Gasteiger partial charge in [-0.15, -0.1) is 0 Å². The number of benzene rings is 7. The minimum Gasteiger partial charge on any atom is -0.309 e. The van der Waals surface area contributed by atoms with E-state index in [0.717, 1.165) is 100.0 Å². The van der Waals surface area contributed by atoms with Crippen molar-refractivity contribution in [1.82, 2.24) is 24.1 Å². The van der Waals surface area contributed by atoms with E-state index in [4.69, 9.17) is 9.97 Å². The number of nitrogens with zero attached hydrogens (tertiary/aromatic N) is 5. The van der Waals surface area contributed by atoms with Crippen molar-refractivity contribution in [1.29, 1.82) is 0 Å². The number of alkyl halides is 3. The second-order valence-electron chi connectivity index (χ2n) is 16.0. The normalized spacial score (nSPS) is 12.1. The van der Waals surface area contributed by atoms with E-state index in [0.29, 0.717) is 23.0 Å². The van der Waals surface area contributed by atoms with Gasteiger partial charge in [-0.1, -0.05) is 70.8 Å². The number of rotatable bonds is 5. The molecule has 0 fully saturated rings. The fourth-order valence-corrected chi connectivity index (χ4v) is 8.95. The number of hydrogen-bond donors (Lipinski definition) is 0. The summed E-state index contributed by atoms with van der Waals surface area (Å²) in [6.45, 7) is 12.1.